The number of halogens is 1. The average molecular weight is 495 g/mol. The summed E-state index contributed by atoms with van der Waals surface area (Å²) in [5.41, 5.74) is 1.59. The normalized spacial score (nSPS) is 23.9. The van der Waals surface area contributed by atoms with Gasteiger partial charge in [-0.2, -0.15) is 4.99 Å². The number of thioether (sulfide) groups is 1. The van der Waals surface area contributed by atoms with Crippen LogP contribution in [0.2, 0.25) is 0 Å². The highest BCUT2D eigenvalue weighted by Gasteiger charge is 2.49. The molecule has 4 rings (SSSR count). The summed E-state index contributed by atoms with van der Waals surface area (Å²) in [4.78, 5) is 19.0. The van der Waals surface area contributed by atoms with Crippen LogP contribution < -0.4 is 9.64 Å². The summed E-state index contributed by atoms with van der Waals surface area (Å²) < 4.78 is 30.5. The van der Waals surface area contributed by atoms with E-state index in [-0.39, 0.29) is 35.1 Å². The number of hydrogen-bond donors (Lipinski definition) is 0. The Bertz CT molecular complexity index is 1090. The highest BCUT2D eigenvalue weighted by Crippen LogP contribution is 2.41. The van der Waals surface area contributed by atoms with Gasteiger partial charge in [0.15, 0.2) is 15.0 Å². The van der Waals surface area contributed by atoms with Crippen LogP contribution in [0.3, 0.4) is 0 Å². The van der Waals surface area contributed by atoms with Gasteiger partial charge < -0.3 is 9.64 Å². The fourth-order valence-electron chi connectivity index (χ4n) is 3.65. The fraction of sp³-hybridized carbons (Fsp3) is 0.300. The van der Waals surface area contributed by atoms with E-state index in [9.17, 15) is 13.2 Å². The Labute approximate surface area is 182 Å². The zero-order valence-corrected chi connectivity index (χ0v) is 18.8. The number of aliphatic imine (C=N–C) groups is 1. The van der Waals surface area contributed by atoms with E-state index in [1.807, 2.05) is 53.4 Å². The van der Waals surface area contributed by atoms with Crippen molar-refractivity contribution >= 4 is 54.3 Å². The number of ether oxygens (including phenoxy) is 1. The molecule has 6 nitrogen and oxygen atoms in total. The molecule has 2 aliphatic heterocycles. The van der Waals surface area contributed by atoms with Gasteiger partial charge in [-0.3, -0.25) is 4.79 Å². The summed E-state index contributed by atoms with van der Waals surface area (Å²) in [6, 6.07) is 14.7. The third-order valence-corrected chi connectivity index (χ3v) is 8.61. The second kappa shape index (κ2) is 8.12. The molecule has 152 valence electrons. The zero-order chi connectivity index (χ0) is 20.6. The molecule has 0 spiro atoms. The number of amidine groups is 1. The summed E-state index contributed by atoms with van der Waals surface area (Å²) in [6.45, 7) is 0. The van der Waals surface area contributed by atoms with Gasteiger partial charge in [-0.05, 0) is 24.3 Å². The molecule has 2 aromatic rings. The average Bonchev–Trinajstić information content (AvgIpc) is 3.12. The molecule has 0 aliphatic carbocycles. The predicted octanol–water partition coefficient (Wildman–Crippen LogP) is 3.30. The summed E-state index contributed by atoms with van der Waals surface area (Å²) in [5.74, 6) is 0.524. The van der Waals surface area contributed by atoms with E-state index in [1.165, 1.54) is 11.8 Å². The summed E-state index contributed by atoms with van der Waals surface area (Å²) in [6.07, 6.45) is 0.119. The molecule has 2 saturated heterocycles. The smallest absolute Gasteiger partial charge is 0.252 e. The van der Waals surface area contributed by atoms with E-state index in [2.05, 4.69) is 20.9 Å². The number of nitrogens with zero attached hydrogens (tertiary/aromatic N) is 2. The van der Waals surface area contributed by atoms with Crippen molar-refractivity contribution in [2.24, 2.45) is 4.99 Å². The minimum atomic E-state index is -3.10. The van der Waals surface area contributed by atoms with Crippen LogP contribution in [0.5, 0.6) is 5.75 Å². The Hall–Kier alpha value is -1.84. The Kier molecular flexibility index (Phi) is 5.72. The first-order valence-electron chi connectivity index (χ1n) is 9.01. The topological polar surface area (TPSA) is 76.0 Å². The van der Waals surface area contributed by atoms with Gasteiger partial charge >= 0.3 is 0 Å². The van der Waals surface area contributed by atoms with Crippen molar-refractivity contribution in [2.45, 2.75) is 17.7 Å². The Balaban J connectivity index is 1.65. The standard InChI is InChI=1S/C20H19BrN2O4S2/c1-27-17-8-3-2-5-13(17)9-19(24)22-20-23(15-7-4-6-14(21)10-15)16-11-29(25,26)12-18(16)28-20/h2-8,10,16,18H,9,11-12H2,1H3/t16-,18+/m1/s1. The molecule has 0 aromatic heterocycles. The van der Waals surface area contributed by atoms with Crippen LogP contribution in [-0.4, -0.2) is 49.4 Å². The maximum Gasteiger partial charge on any atom is 0.252 e. The molecule has 0 saturated carbocycles. The van der Waals surface area contributed by atoms with Gasteiger partial charge in [0.2, 0.25) is 0 Å². The Morgan fingerprint density at radius 2 is 2.03 bits per heavy atom. The second-order valence-corrected chi connectivity index (χ2v) is 11.2. The van der Waals surface area contributed by atoms with Crippen molar-refractivity contribution in [2.75, 3.05) is 23.5 Å². The molecule has 0 unspecified atom stereocenters. The lowest BCUT2D eigenvalue weighted by molar-refractivity contribution is -0.117. The first kappa shape index (κ1) is 20.4. The van der Waals surface area contributed by atoms with Crippen LogP contribution in [0.15, 0.2) is 58.0 Å². The van der Waals surface area contributed by atoms with Crippen molar-refractivity contribution in [3.63, 3.8) is 0 Å². The van der Waals surface area contributed by atoms with Gasteiger partial charge in [0, 0.05) is 21.0 Å². The summed E-state index contributed by atoms with van der Waals surface area (Å²) in [7, 11) is -1.53. The van der Waals surface area contributed by atoms with Crippen molar-refractivity contribution in [1.82, 2.24) is 0 Å². The van der Waals surface area contributed by atoms with Gasteiger partial charge in [-0.25, -0.2) is 8.42 Å². The quantitative estimate of drug-likeness (QED) is 0.648. The Morgan fingerprint density at radius 1 is 1.24 bits per heavy atom. The minimum absolute atomic E-state index is 0.0664. The number of hydrogen-bond acceptors (Lipinski definition) is 5. The van der Waals surface area contributed by atoms with E-state index in [4.69, 9.17) is 4.74 Å². The van der Waals surface area contributed by atoms with Crippen molar-refractivity contribution in [3.05, 3.63) is 58.6 Å². The van der Waals surface area contributed by atoms with Crippen LogP contribution in [0.1, 0.15) is 5.56 Å². The van der Waals surface area contributed by atoms with Crippen LogP contribution in [0.25, 0.3) is 0 Å². The van der Waals surface area contributed by atoms with Gasteiger partial charge in [0.25, 0.3) is 5.91 Å². The monoisotopic (exact) mass is 494 g/mol. The van der Waals surface area contributed by atoms with E-state index >= 15 is 0 Å². The number of amides is 1. The zero-order valence-electron chi connectivity index (χ0n) is 15.6. The molecule has 2 aromatic carbocycles. The largest absolute Gasteiger partial charge is 0.496 e. The van der Waals surface area contributed by atoms with Crippen LogP contribution in [0.4, 0.5) is 5.69 Å². The third kappa shape index (κ3) is 4.36. The van der Waals surface area contributed by atoms with Crippen molar-refractivity contribution < 1.29 is 17.9 Å². The molecular weight excluding hydrogens is 476 g/mol. The van der Waals surface area contributed by atoms with Crippen LogP contribution in [0, 0.1) is 0 Å². The van der Waals surface area contributed by atoms with Gasteiger partial charge in [0.05, 0.1) is 31.1 Å². The molecule has 0 bridgehead atoms. The van der Waals surface area contributed by atoms with E-state index in [0.29, 0.717) is 10.9 Å². The first-order chi connectivity index (χ1) is 13.9. The predicted molar refractivity (Wildman–Crippen MR) is 120 cm³/mol. The Morgan fingerprint density at radius 3 is 2.79 bits per heavy atom. The highest BCUT2D eigenvalue weighted by atomic mass is 79.9. The summed E-state index contributed by atoms with van der Waals surface area (Å²) in [5, 5.41) is 0.421. The SMILES string of the molecule is COc1ccccc1CC(=O)N=C1S[C@H]2CS(=O)(=O)C[C@H]2N1c1cccc(Br)c1. The number of anilines is 1. The number of sulfone groups is 1. The molecular formula is C20H19BrN2O4S2. The van der Waals surface area contributed by atoms with E-state index < -0.39 is 9.84 Å². The van der Waals surface area contributed by atoms with Crippen LogP contribution in [-0.2, 0) is 21.1 Å². The highest BCUT2D eigenvalue weighted by molar-refractivity contribution is 9.10. The number of carbonyl (C=O) groups is 1. The lowest BCUT2D eigenvalue weighted by Gasteiger charge is -2.24. The van der Waals surface area contributed by atoms with Crippen molar-refractivity contribution in [1.29, 1.82) is 0 Å². The van der Waals surface area contributed by atoms with Crippen LogP contribution >= 0.6 is 27.7 Å². The van der Waals surface area contributed by atoms with Crippen molar-refractivity contribution in [3.8, 4) is 5.75 Å². The number of benzene rings is 2. The molecule has 9 heteroatoms. The number of rotatable bonds is 4. The van der Waals surface area contributed by atoms with Gasteiger partial charge in [-0.1, -0.05) is 52.0 Å². The maximum absolute atomic E-state index is 12.7. The maximum atomic E-state index is 12.7. The molecule has 2 atom stereocenters. The minimum Gasteiger partial charge on any atom is -0.496 e. The van der Waals surface area contributed by atoms with Gasteiger partial charge in [-0.15, -0.1) is 0 Å². The first-order valence-corrected chi connectivity index (χ1v) is 12.5. The molecule has 1 amide bonds. The lowest BCUT2D eigenvalue weighted by Crippen LogP contribution is -2.37. The molecule has 2 aliphatic rings. The van der Waals surface area contributed by atoms with Gasteiger partial charge in [0.1, 0.15) is 5.75 Å². The molecule has 29 heavy (non-hydrogen) atoms. The number of fused-ring (bicyclic) bond motifs is 1. The van der Waals surface area contributed by atoms with E-state index in [1.54, 1.807) is 7.11 Å². The number of methoxy groups -OCH3 is 1. The molecule has 0 radical (unpaired) electrons. The molecule has 2 fully saturated rings. The summed E-state index contributed by atoms with van der Waals surface area (Å²) >= 11 is 4.83. The second-order valence-electron chi connectivity index (χ2n) is 6.93. The number of para-hydroxylation sites is 1. The fourth-order valence-corrected chi connectivity index (χ4v) is 7.97. The third-order valence-electron chi connectivity index (χ3n) is 4.91. The molecule has 2 heterocycles. The molecule has 0 N–H and O–H groups in total. The van der Waals surface area contributed by atoms with E-state index in [0.717, 1.165) is 15.7 Å². The lowest BCUT2D eigenvalue weighted by atomic mass is 10.1. The number of carbonyl (C=O) groups excluding carboxylic acids is 1.